The summed E-state index contributed by atoms with van der Waals surface area (Å²) in [6.07, 6.45) is 0. The van der Waals surface area contributed by atoms with Gasteiger partial charge < -0.3 is 10.1 Å². The van der Waals surface area contributed by atoms with Crippen molar-refractivity contribution in [2.75, 3.05) is 17.1 Å². The van der Waals surface area contributed by atoms with Crippen molar-refractivity contribution in [1.29, 1.82) is 0 Å². The molecule has 0 fully saturated rings. The third kappa shape index (κ3) is 5.47. The van der Waals surface area contributed by atoms with Crippen LogP contribution < -0.4 is 14.8 Å². The van der Waals surface area contributed by atoms with Crippen molar-refractivity contribution >= 4 is 50.7 Å². The van der Waals surface area contributed by atoms with Crippen molar-refractivity contribution in [2.24, 2.45) is 0 Å². The van der Waals surface area contributed by atoms with Crippen molar-refractivity contribution in [1.82, 2.24) is 0 Å². The first-order valence-corrected chi connectivity index (χ1v) is 11.5. The van der Waals surface area contributed by atoms with Gasteiger partial charge in [0.15, 0.2) is 0 Å². The van der Waals surface area contributed by atoms with Crippen LogP contribution in [0.15, 0.2) is 81.4 Å². The number of carbonyl (C=O) groups excluding carboxylic acids is 1. The number of sulfonamides is 1. The molecule has 0 aromatic heterocycles. The van der Waals surface area contributed by atoms with E-state index in [0.717, 1.165) is 4.90 Å². The number of ether oxygens (including phenoxy) is 1. The van der Waals surface area contributed by atoms with E-state index in [1.807, 2.05) is 30.3 Å². The molecule has 9 heteroatoms. The van der Waals surface area contributed by atoms with E-state index in [9.17, 15) is 13.2 Å². The normalized spacial score (nSPS) is 11.0. The minimum atomic E-state index is -4.04. The Bertz CT molecular complexity index is 1170. The monoisotopic (exact) mass is 462 g/mol. The molecule has 3 aromatic rings. The zero-order chi connectivity index (χ0) is 21.7. The molecule has 0 radical (unpaired) electrons. The lowest BCUT2D eigenvalue weighted by Gasteiger charge is -2.16. The van der Waals surface area contributed by atoms with E-state index >= 15 is 0 Å². The molecule has 0 atom stereocenters. The smallest absolute Gasteiger partial charge is 0.265 e. The molecule has 0 spiro atoms. The van der Waals surface area contributed by atoms with E-state index in [2.05, 4.69) is 10.0 Å². The fourth-order valence-electron chi connectivity index (χ4n) is 2.65. The van der Waals surface area contributed by atoms with Gasteiger partial charge in [0.2, 0.25) is 5.91 Å². The van der Waals surface area contributed by atoms with Crippen molar-refractivity contribution in [3.8, 4) is 5.75 Å². The van der Waals surface area contributed by atoms with Crippen LogP contribution in [0.2, 0.25) is 5.02 Å². The van der Waals surface area contributed by atoms with Crippen LogP contribution in [0.25, 0.3) is 0 Å². The summed E-state index contributed by atoms with van der Waals surface area (Å²) >= 11 is 7.53. The summed E-state index contributed by atoms with van der Waals surface area (Å²) in [5.41, 5.74) is 0.678. The molecule has 0 aliphatic carbocycles. The topological polar surface area (TPSA) is 84.5 Å². The molecular formula is C21H19ClN2O4S2. The minimum absolute atomic E-state index is 0.105. The molecule has 1 amide bonds. The third-order valence-electron chi connectivity index (χ3n) is 3.93. The molecule has 0 aliphatic rings. The fourth-order valence-corrected chi connectivity index (χ4v) is 5.06. The van der Waals surface area contributed by atoms with Crippen LogP contribution in [-0.4, -0.2) is 21.4 Å². The maximum atomic E-state index is 13.2. The van der Waals surface area contributed by atoms with Crippen LogP contribution in [0.5, 0.6) is 5.75 Å². The van der Waals surface area contributed by atoms with Gasteiger partial charge in [0, 0.05) is 27.4 Å². The van der Waals surface area contributed by atoms with Gasteiger partial charge in [-0.15, -0.1) is 0 Å². The highest BCUT2D eigenvalue weighted by Gasteiger charge is 2.22. The maximum Gasteiger partial charge on any atom is 0.265 e. The number of anilines is 2. The first-order valence-electron chi connectivity index (χ1n) is 8.79. The summed E-state index contributed by atoms with van der Waals surface area (Å²) in [6, 6.07) is 19.0. The van der Waals surface area contributed by atoms with Gasteiger partial charge >= 0.3 is 0 Å². The quantitative estimate of drug-likeness (QED) is 0.500. The standard InChI is InChI=1S/C21H19ClN2O4S2/c1-14(25)23-16-9-10-19(28-2)21(13-16)30(26,27)24-18-12-15(22)8-11-20(18)29-17-6-4-3-5-7-17/h3-13,24H,1-2H3,(H,23,25). The Labute approximate surface area is 184 Å². The summed E-state index contributed by atoms with van der Waals surface area (Å²) in [4.78, 5) is 12.9. The number of nitrogens with one attached hydrogen (secondary N) is 2. The molecule has 156 valence electrons. The number of hydrogen-bond donors (Lipinski definition) is 2. The number of amides is 1. The second-order valence-electron chi connectivity index (χ2n) is 6.21. The summed E-state index contributed by atoms with van der Waals surface area (Å²) in [5.74, 6) is -0.163. The largest absolute Gasteiger partial charge is 0.495 e. The zero-order valence-corrected chi connectivity index (χ0v) is 18.6. The van der Waals surface area contributed by atoms with E-state index in [1.165, 1.54) is 37.9 Å². The molecule has 0 bridgehead atoms. The van der Waals surface area contributed by atoms with Crippen LogP contribution in [0.4, 0.5) is 11.4 Å². The van der Waals surface area contributed by atoms with Gasteiger partial charge in [-0.05, 0) is 48.5 Å². The number of benzene rings is 3. The Balaban J connectivity index is 1.99. The van der Waals surface area contributed by atoms with Gasteiger partial charge in [0.25, 0.3) is 10.0 Å². The lowest BCUT2D eigenvalue weighted by Crippen LogP contribution is -2.15. The molecule has 0 saturated heterocycles. The van der Waals surface area contributed by atoms with Gasteiger partial charge in [-0.1, -0.05) is 41.6 Å². The lowest BCUT2D eigenvalue weighted by atomic mass is 10.3. The van der Waals surface area contributed by atoms with E-state index in [0.29, 0.717) is 21.3 Å². The predicted octanol–water partition coefficient (Wildman–Crippen LogP) is 5.26. The second-order valence-corrected chi connectivity index (χ2v) is 9.41. The Morgan fingerprint density at radius 1 is 1.03 bits per heavy atom. The second kappa shape index (κ2) is 9.42. The highest BCUT2D eigenvalue weighted by molar-refractivity contribution is 7.99. The number of halogens is 1. The summed E-state index contributed by atoms with van der Waals surface area (Å²) in [6.45, 7) is 1.34. The number of rotatable bonds is 7. The summed E-state index contributed by atoms with van der Waals surface area (Å²) in [7, 11) is -2.67. The molecule has 0 heterocycles. The molecule has 0 saturated carbocycles. The molecule has 3 rings (SSSR count). The summed E-state index contributed by atoms with van der Waals surface area (Å²) < 4.78 is 34.2. The predicted molar refractivity (Wildman–Crippen MR) is 120 cm³/mol. The van der Waals surface area contributed by atoms with Crippen LogP contribution in [0.1, 0.15) is 6.92 Å². The fraction of sp³-hybridized carbons (Fsp3) is 0.0952. The van der Waals surface area contributed by atoms with Crippen molar-refractivity contribution in [3.05, 3.63) is 71.8 Å². The Morgan fingerprint density at radius 3 is 2.43 bits per heavy atom. The maximum absolute atomic E-state index is 13.2. The van der Waals surface area contributed by atoms with Crippen molar-refractivity contribution in [3.63, 3.8) is 0 Å². The molecular weight excluding hydrogens is 444 g/mol. The van der Waals surface area contributed by atoms with Gasteiger partial charge in [-0.25, -0.2) is 8.42 Å². The first-order chi connectivity index (χ1) is 14.3. The summed E-state index contributed by atoms with van der Waals surface area (Å²) in [5, 5.41) is 2.97. The zero-order valence-electron chi connectivity index (χ0n) is 16.2. The number of methoxy groups -OCH3 is 1. The lowest BCUT2D eigenvalue weighted by molar-refractivity contribution is -0.114. The first kappa shape index (κ1) is 22.0. The Kier molecular flexibility index (Phi) is 6.91. The minimum Gasteiger partial charge on any atom is -0.495 e. The van der Waals surface area contributed by atoms with E-state index in [-0.39, 0.29) is 16.6 Å². The highest BCUT2D eigenvalue weighted by atomic mass is 35.5. The van der Waals surface area contributed by atoms with Gasteiger partial charge in [0.1, 0.15) is 10.6 Å². The van der Waals surface area contributed by atoms with Gasteiger partial charge in [0.05, 0.1) is 12.8 Å². The average Bonchev–Trinajstić information content (AvgIpc) is 2.70. The Hall–Kier alpha value is -2.68. The molecule has 30 heavy (non-hydrogen) atoms. The van der Waals surface area contributed by atoms with Crippen LogP contribution in [0.3, 0.4) is 0 Å². The van der Waals surface area contributed by atoms with E-state index in [1.54, 1.807) is 24.3 Å². The molecule has 0 aliphatic heterocycles. The van der Waals surface area contributed by atoms with Crippen LogP contribution in [-0.2, 0) is 14.8 Å². The Morgan fingerprint density at radius 2 is 1.77 bits per heavy atom. The average molecular weight is 463 g/mol. The molecule has 3 aromatic carbocycles. The van der Waals surface area contributed by atoms with Crippen LogP contribution in [0, 0.1) is 0 Å². The number of hydrogen-bond acceptors (Lipinski definition) is 5. The molecule has 2 N–H and O–H groups in total. The third-order valence-corrected chi connectivity index (χ3v) is 6.64. The molecule has 6 nitrogen and oxygen atoms in total. The van der Waals surface area contributed by atoms with Crippen molar-refractivity contribution in [2.45, 2.75) is 21.6 Å². The van der Waals surface area contributed by atoms with E-state index in [4.69, 9.17) is 16.3 Å². The van der Waals surface area contributed by atoms with Crippen LogP contribution >= 0.6 is 23.4 Å². The molecule has 0 unspecified atom stereocenters. The van der Waals surface area contributed by atoms with Crippen molar-refractivity contribution < 1.29 is 17.9 Å². The van der Waals surface area contributed by atoms with E-state index < -0.39 is 10.0 Å². The highest BCUT2D eigenvalue weighted by Crippen LogP contribution is 2.37. The van der Waals surface area contributed by atoms with Gasteiger partial charge in [-0.2, -0.15) is 0 Å². The number of carbonyl (C=O) groups is 1. The van der Waals surface area contributed by atoms with Gasteiger partial charge in [-0.3, -0.25) is 9.52 Å². The SMILES string of the molecule is COc1ccc(NC(C)=O)cc1S(=O)(=O)Nc1cc(Cl)ccc1Sc1ccccc1.